The largest absolute Gasteiger partial charge is 0.451 e. The Morgan fingerprint density at radius 1 is 1.20 bits per heavy atom. The fourth-order valence-electron chi connectivity index (χ4n) is 3.57. The molecule has 0 spiro atoms. The Bertz CT molecular complexity index is 1300. The Morgan fingerprint density at radius 3 is 2.67 bits per heavy atom. The lowest BCUT2D eigenvalue weighted by Crippen LogP contribution is -2.41. The molecule has 6 nitrogen and oxygen atoms in total. The average molecular weight is 494 g/mol. The monoisotopic (exact) mass is 493 g/mol. The van der Waals surface area contributed by atoms with Gasteiger partial charge in [-0.15, -0.1) is 0 Å². The van der Waals surface area contributed by atoms with Gasteiger partial charge in [0.15, 0.2) is 21.0 Å². The predicted octanol–water partition coefficient (Wildman–Crippen LogP) is 3.52. The van der Waals surface area contributed by atoms with Crippen molar-refractivity contribution >= 4 is 42.6 Å². The van der Waals surface area contributed by atoms with E-state index >= 15 is 0 Å². The molecule has 0 aliphatic carbocycles. The summed E-state index contributed by atoms with van der Waals surface area (Å²) in [4.78, 5) is 27.1. The van der Waals surface area contributed by atoms with E-state index in [4.69, 9.17) is 4.42 Å². The normalized spacial score (nSPS) is 17.9. The molecule has 0 N–H and O–H groups in total. The van der Waals surface area contributed by atoms with Crippen LogP contribution in [0.3, 0.4) is 0 Å². The van der Waals surface area contributed by atoms with Crippen molar-refractivity contribution in [2.45, 2.75) is 19.0 Å². The summed E-state index contributed by atoms with van der Waals surface area (Å²) >= 11 is 3.29. The molecule has 2 heterocycles. The molecule has 4 rings (SSSR count). The maximum absolute atomic E-state index is 14.2. The molecule has 0 bridgehead atoms. The van der Waals surface area contributed by atoms with E-state index in [1.165, 1.54) is 23.1 Å². The number of sulfone groups is 1. The summed E-state index contributed by atoms with van der Waals surface area (Å²) in [6.07, 6.45) is 0.243. The van der Waals surface area contributed by atoms with Crippen molar-refractivity contribution in [3.05, 3.63) is 80.4 Å². The van der Waals surface area contributed by atoms with Gasteiger partial charge in [0.2, 0.25) is 0 Å². The van der Waals surface area contributed by atoms with Crippen LogP contribution in [0.4, 0.5) is 4.39 Å². The highest BCUT2D eigenvalue weighted by molar-refractivity contribution is 9.10. The van der Waals surface area contributed by atoms with Gasteiger partial charge in [-0.3, -0.25) is 9.59 Å². The zero-order valence-corrected chi connectivity index (χ0v) is 18.1. The van der Waals surface area contributed by atoms with E-state index in [0.29, 0.717) is 9.86 Å². The van der Waals surface area contributed by atoms with Crippen LogP contribution in [0.5, 0.6) is 0 Å². The molecule has 3 aromatic rings. The van der Waals surface area contributed by atoms with Gasteiger partial charge in [-0.25, -0.2) is 12.8 Å². The van der Waals surface area contributed by atoms with Crippen LogP contribution < -0.4 is 5.43 Å². The van der Waals surface area contributed by atoms with Crippen molar-refractivity contribution in [3.8, 4) is 0 Å². The summed E-state index contributed by atoms with van der Waals surface area (Å²) in [7, 11) is -3.29. The van der Waals surface area contributed by atoms with E-state index in [9.17, 15) is 22.4 Å². The second-order valence-corrected chi connectivity index (χ2v) is 10.3. The van der Waals surface area contributed by atoms with Gasteiger partial charge in [-0.1, -0.05) is 34.1 Å². The summed E-state index contributed by atoms with van der Waals surface area (Å²) in [6.45, 7) is -0.131. The van der Waals surface area contributed by atoms with Gasteiger partial charge >= 0.3 is 0 Å². The first-order valence-corrected chi connectivity index (χ1v) is 11.8. The molecule has 0 radical (unpaired) electrons. The number of benzene rings is 2. The summed E-state index contributed by atoms with van der Waals surface area (Å²) in [5, 5.41) is 0.310. The number of fused-ring (bicyclic) bond motifs is 1. The van der Waals surface area contributed by atoms with Gasteiger partial charge < -0.3 is 9.32 Å². The molecule has 9 heteroatoms. The van der Waals surface area contributed by atoms with Crippen molar-refractivity contribution in [2.24, 2.45) is 0 Å². The minimum absolute atomic E-state index is 0.0472. The van der Waals surface area contributed by atoms with Gasteiger partial charge in [-0.2, -0.15) is 0 Å². The fourth-order valence-corrected chi connectivity index (χ4v) is 5.67. The standard InChI is InChI=1S/C21H17BrFNO5S/c22-14-5-6-19-16(9-14)18(25)10-20(29-19)21(26)24(15-7-8-30(27,28)12-15)11-13-3-1-2-4-17(13)23/h1-6,9-10,15H,7-8,11-12H2/t15-/m0/s1. The summed E-state index contributed by atoms with van der Waals surface area (Å²) < 4.78 is 44.6. The third-order valence-corrected chi connectivity index (χ3v) is 7.35. The number of carbonyl (C=O) groups excluding carboxylic acids is 1. The molecule has 1 aromatic heterocycles. The lowest BCUT2D eigenvalue weighted by atomic mass is 10.1. The molecule has 1 aliphatic rings. The number of nitrogens with zero attached hydrogens (tertiary/aromatic N) is 1. The van der Waals surface area contributed by atoms with Crippen LogP contribution >= 0.6 is 15.9 Å². The van der Waals surface area contributed by atoms with Crippen LogP contribution in [0.2, 0.25) is 0 Å². The van der Waals surface area contributed by atoms with Crippen molar-refractivity contribution in [2.75, 3.05) is 11.5 Å². The van der Waals surface area contributed by atoms with Crippen LogP contribution in [0.15, 0.2) is 62.2 Å². The maximum Gasteiger partial charge on any atom is 0.290 e. The predicted molar refractivity (Wildman–Crippen MR) is 114 cm³/mol. The van der Waals surface area contributed by atoms with Crippen molar-refractivity contribution in [1.82, 2.24) is 4.90 Å². The highest BCUT2D eigenvalue weighted by Crippen LogP contribution is 2.24. The maximum atomic E-state index is 14.2. The molecule has 30 heavy (non-hydrogen) atoms. The molecule has 1 amide bonds. The smallest absolute Gasteiger partial charge is 0.290 e. The molecule has 2 aromatic carbocycles. The van der Waals surface area contributed by atoms with Crippen molar-refractivity contribution in [3.63, 3.8) is 0 Å². The average Bonchev–Trinajstić information content (AvgIpc) is 3.06. The molecule has 0 unspecified atom stereocenters. The van der Waals surface area contributed by atoms with Crippen LogP contribution in [0, 0.1) is 5.82 Å². The molecule has 1 aliphatic heterocycles. The van der Waals surface area contributed by atoms with Crippen LogP contribution in [-0.2, 0) is 16.4 Å². The second kappa shape index (κ2) is 7.96. The third kappa shape index (κ3) is 4.17. The third-order valence-electron chi connectivity index (χ3n) is 5.11. The van der Waals surface area contributed by atoms with Crippen LogP contribution in [-0.4, -0.2) is 36.8 Å². The van der Waals surface area contributed by atoms with Crippen molar-refractivity contribution in [1.29, 1.82) is 0 Å². The van der Waals surface area contributed by atoms with E-state index in [-0.39, 0.29) is 41.4 Å². The first-order valence-electron chi connectivity index (χ1n) is 9.22. The second-order valence-electron chi connectivity index (χ2n) is 7.20. The zero-order chi connectivity index (χ0) is 21.5. The molecular weight excluding hydrogens is 477 g/mol. The Labute approximate surface area is 180 Å². The Kier molecular flexibility index (Phi) is 5.50. The van der Waals surface area contributed by atoms with E-state index < -0.39 is 33.0 Å². The van der Waals surface area contributed by atoms with Crippen LogP contribution in [0.25, 0.3) is 11.0 Å². The zero-order valence-electron chi connectivity index (χ0n) is 15.7. The van der Waals surface area contributed by atoms with Crippen LogP contribution in [0.1, 0.15) is 22.5 Å². The first kappa shape index (κ1) is 20.7. The highest BCUT2D eigenvalue weighted by atomic mass is 79.9. The summed E-state index contributed by atoms with van der Waals surface area (Å²) in [6, 6.07) is 11.3. The number of amides is 1. The topological polar surface area (TPSA) is 84.7 Å². The SMILES string of the molecule is O=C(c1cc(=O)c2cc(Br)ccc2o1)N(Cc1ccccc1F)[C@H]1CCS(=O)(=O)C1. The molecule has 1 fully saturated rings. The van der Waals surface area contributed by atoms with Gasteiger partial charge in [0, 0.05) is 28.7 Å². The molecular formula is C21H17BrFNO5S. The Hall–Kier alpha value is -2.52. The van der Waals surface area contributed by atoms with E-state index in [1.807, 2.05) is 0 Å². The van der Waals surface area contributed by atoms with E-state index in [2.05, 4.69) is 15.9 Å². The first-order chi connectivity index (χ1) is 14.2. The number of hydrogen-bond donors (Lipinski definition) is 0. The summed E-state index contributed by atoms with van der Waals surface area (Å²) in [5.74, 6) is -1.62. The van der Waals surface area contributed by atoms with E-state index in [0.717, 1.165) is 6.07 Å². The molecule has 0 saturated carbocycles. The Morgan fingerprint density at radius 2 is 1.97 bits per heavy atom. The molecule has 156 valence electrons. The number of halogens is 2. The van der Waals surface area contributed by atoms with Gasteiger partial charge in [0.25, 0.3) is 5.91 Å². The van der Waals surface area contributed by atoms with E-state index in [1.54, 1.807) is 24.3 Å². The number of carbonyl (C=O) groups is 1. The summed E-state index contributed by atoms with van der Waals surface area (Å²) in [5.41, 5.74) is 0.0898. The lowest BCUT2D eigenvalue weighted by molar-refractivity contribution is 0.0646. The number of hydrogen-bond acceptors (Lipinski definition) is 5. The van der Waals surface area contributed by atoms with Crippen molar-refractivity contribution < 1.29 is 22.0 Å². The fraction of sp³-hybridized carbons (Fsp3) is 0.238. The van der Waals surface area contributed by atoms with Gasteiger partial charge in [0.1, 0.15) is 11.4 Å². The quantitative estimate of drug-likeness (QED) is 0.554. The minimum Gasteiger partial charge on any atom is -0.451 e. The van der Waals surface area contributed by atoms with Gasteiger partial charge in [0.05, 0.1) is 16.9 Å². The number of rotatable bonds is 4. The highest BCUT2D eigenvalue weighted by Gasteiger charge is 2.36. The lowest BCUT2D eigenvalue weighted by Gasteiger charge is -2.28. The molecule has 1 atom stereocenters. The minimum atomic E-state index is -3.29. The molecule has 1 saturated heterocycles. The van der Waals surface area contributed by atoms with Gasteiger partial charge in [-0.05, 0) is 30.7 Å². The Balaban J connectivity index is 1.75.